The molecule has 0 atom stereocenters. The molecule has 1 aromatic carbocycles. The van der Waals surface area contributed by atoms with Gasteiger partial charge in [0.1, 0.15) is 5.82 Å². The molecule has 0 aliphatic carbocycles. The molecule has 4 heteroatoms. The predicted molar refractivity (Wildman–Crippen MR) is 76.5 cm³/mol. The maximum Gasteiger partial charge on any atom is 0.136 e. The van der Waals surface area contributed by atoms with Gasteiger partial charge in [-0.2, -0.15) is 0 Å². The molecular formula is C14H16ClN3. The number of benzene rings is 1. The van der Waals surface area contributed by atoms with Crippen LogP contribution in [0.4, 0.5) is 5.82 Å². The zero-order valence-corrected chi connectivity index (χ0v) is 11.0. The molecule has 94 valence electrons. The number of nitrogens with one attached hydrogen (secondary N) is 1. The highest BCUT2D eigenvalue weighted by atomic mass is 35.5. The number of pyridine rings is 1. The lowest BCUT2D eigenvalue weighted by Gasteiger charge is -2.22. The van der Waals surface area contributed by atoms with Gasteiger partial charge in [-0.05, 0) is 25.1 Å². The highest BCUT2D eigenvalue weighted by Gasteiger charge is 2.14. The van der Waals surface area contributed by atoms with E-state index in [0.717, 1.165) is 54.2 Å². The second-order valence-electron chi connectivity index (χ2n) is 4.56. The summed E-state index contributed by atoms with van der Waals surface area (Å²) in [7, 11) is 0. The molecule has 1 aromatic heterocycles. The Morgan fingerprint density at radius 3 is 3.00 bits per heavy atom. The molecule has 3 nitrogen and oxygen atoms in total. The van der Waals surface area contributed by atoms with Crippen molar-refractivity contribution in [3.8, 4) is 0 Å². The summed E-state index contributed by atoms with van der Waals surface area (Å²) in [5.74, 6) is 1.05. The maximum absolute atomic E-state index is 6.24. The van der Waals surface area contributed by atoms with Crippen LogP contribution in [0.1, 0.15) is 6.42 Å². The van der Waals surface area contributed by atoms with Gasteiger partial charge in [-0.15, -0.1) is 0 Å². The minimum Gasteiger partial charge on any atom is -0.355 e. The Labute approximate surface area is 112 Å². The van der Waals surface area contributed by atoms with Crippen LogP contribution in [0, 0.1) is 0 Å². The van der Waals surface area contributed by atoms with E-state index in [4.69, 9.17) is 11.6 Å². The van der Waals surface area contributed by atoms with Crippen LogP contribution in [0.3, 0.4) is 0 Å². The van der Waals surface area contributed by atoms with Crippen LogP contribution in [0.2, 0.25) is 5.02 Å². The van der Waals surface area contributed by atoms with Crippen LogP contribution in [-0.2, 0) is 0 Å². The van der Waals surface area contributed by atoms with Crippen LogP contribution in [-0.4, -0.2) is 31.2 Å². The summed E-state index contributed by atoms with van der Waals surface area (Å²) in [6.45, 7) is 4.14. The van der Waals surface area contributed by atoms with Crippen molar-refractivity contribution in [2.45, 2.75) is 6.42 Å². The molecule has 2 heterocycles. The van der Waals surface area contributed by atoms with E-state index in [1.807, 2.05) is 24.4 Å². The summed E-state index contributed by atoms with van der Waals surface area (Å²) in [6, 6.07) is 8.00. The summed E-state index contributed by atoms with van der Waals surface area (Å²) in [4.78, 5) is 6.90. The second-order valence-corrected chi connectivity index (χ2v) is 4.97. The Bertz CT molecular complexity index is 548. The molecule has 0 bridgehead atoms. The molecule has 3 rings (SSSR count). The third-order valence-electron chi connectivity index (χ3n) is 3.37. The molecule has 0 saturated carbocycles. The van der Waals surface area contributed by atoms with Gasteiger partial charge in [0, 0.05) is 41.6 Å². The number of rotatable bonds is 1. The molecule has 0 spiro atoms. The van der Waals surface area contributed by atoms with Gasteiger partial charge in [0.2, 0.25) is 0 Å². The molecule has 1 aliphatic rings. The van der Waals surface area contributed by atoms with Gasteiger partial charge in [0.15, 0.2) is 0 Å². The fraction of sp³-hybridized carbons (Fsp3) is 0.357. The Kier molecular flexibility index (Phi) is 3.35. The number of anilines is 1. The minimum absolute atomic E-state index is 0.795. The van der Waals surface area contributed by atoms with E-state index < -0.39 is 0 Å². The van der Waals surface area contributed by atoms with Crippen molar-refractivity contribution in [3.63, 3.8) is 0 Å². The third-order valence-corrected chi connectivity index (χ3v) is 3.70. The van der Waals surface area contributed by atoms with Crippen molar-refractivity contribution in [1.82, 2.24) is 10.3 Å². The van der Waals surface area contributed by atoms with Crippen molar-refractivity contribution < 1.29 is 0 Å². The quantitative estimate of drug-likeness (QED) is 0.856. The van der Waals surface area contributed by atoms with Crippen molar-refractivity contribution >= 4 is 28.2 Å². The fourth-order valence-corrected chi connectivity index (χ4v) is 2.70. The summed E-state index contributed by atoms with van der Waals surface area (Å²) in [5.41, 5.74) is 0. The van der Waals surface area contributed by atoms with Crippen LogP contribution in [0.15, 0.2) is 30.5 Å². The number of halogens is 1. The van der Waals surface area contributed by atoms with Crippen LogP contribution in [0.25, 0.3) is 10.8 Å². The van der Waals surface area contributed by atoms with Gasteiger partial charge in [0.05, 0.1) is 0 Å². The van der Waals surface area contributed by atoms with Gasteiger partial charge < -0.3 is 10.2 Å². The smallest absolute Gasteiger partial charge is 0.136 e. The standard InChI is InChI=1S/C14H16ClN3/c15-13-4-1-3-12-11(13)5-7-17-14(12)18-9-2-6-16-8-10-18/h1,3-5,7,16H,2,6,8-10H2. The molecule has 18 heavy (non-hydrogen) atoms. The molecule has 0 radical (unpaired) electrons. The van der Waals surface area contributed by atoms with Gasteiger partial charge in [-0.1, -0.05) is 23.7 Å². The van der Waals surface area contributed by atoms with Gasteiger partial charge in [-0.3, -0.25) is 0 Å². The number of aromatic nitrogens is 1. The average Bonchev–Trinajstić information content (AvgIpc) is 2.67. The SMILES string of the molecule is Clc1cccc2c(N3CCCNCC3)nccc12. The Morgan fingerprint density at radius 2 is 2.06 bits per heavy atom. The van der Waals surface area contributed by atoms with Gasteiger partial charge >= 0.3 is 0 Å². The first kappa shape index (κ1) is 11.8. The normalized spacial score (nSPS) is 16.8. The van der Waals surface area contributed by atoms with Crippen molar-refractivity contribution in [2.24, 2.45) is 0 Å². The lowest BCUT2D eigenvalue weighted by atomic mass is 10.1. The Balaban J connectivity index is 2.08. The number of hydrogen-bond donors (Lipinski definition) is 1. The van der Waals surface area contributed by atoms with E-state index in [2.05, 4.69) is 21.3 Å². The molecule has 1 saturated heterocycles. The largest absolute Gasteiger partial charge is 0.355 e. The van der Waals surface area contributed by atoms with E-state index in [1.165, 1.54) is 0 Å². The summed E-state index contributed by atoms with van der Waals surface area (Å²) in [5, 5.41) is 6.44. The van der Waals surface area contributed by atoms with E-state index in [9.17, 15) is 0 Å². The topological polar surface area (TPSA) is 28.2 Å². The Hall–Kier alpha value is -1.32. The van der Waals surface area contributed by atoms with Crippen LogP contribution >= 0.6 is 11.6 Å². The number of fused-ring (bicyclic) bond motifs is 1. The fourth-order valence-electron chi connectivity index (χ4n) is 2.46. The molecule has 1 fully saturated rings. The van der Waals surface area contributed by atoms with Crippen molar-refractivity contribution in [2.75, 3.05) is 31.1 Å². The predicted octanol–water partition coefficient (Wildman–Crippen LogP) is 2.69. The van der Waals surface area contributed by atoms with Gasteiger partial charge in [-0.25, -0.2) is 4.98 Å². The Morgan fingerprint density at radius 1 is 1.11 bits per heavy atom. The highest BCUT2D eigenvalue weighted by molar-refractivity contribution is 6.35. The molecule has 1 N–H and O–H groups in total. The number of nitrogens with zero attached hydrogens (tertiary/aromatic N) is 2. The van der Waals surface area contributed by atoms with Gasteiger partial charge in [0.25, 0.3) is 0 Å². The third kappa shape index (κ3) is 2.16. The van der Waals surface area contributed by atoms with E-state index in [0.29, 0.717) is 0 Å². The summed E-state index contributed by atoms with van der Waals surface area (Å²) >= 11 is 6.24. The van der Waals surface area contributed by atoms with E-state index in [-0.39, 0.29) is 0 Å². The van der Waals surface area contributed by atoms with E-state index >= 15 is 0 Å². The monoisotopic (exact) mass is 261 g/mol. The zero-order chi connectivity index (χ0) is 12.4. The first-order valence-electron chi connectivity index (χ1n) is 6.35. The minimum atomic E-state index is 0.795. The van der Waals surface area contributed by atoms with Crippen LogP contribution in [0.5, 0.6) is 0 Å². The average molecular weight is 262 g/mol. The lowest BCUT2D eigenvalue weighted by Crippen LogP contribution is -2.28. The summed E-state index contributed by atoms with van der Waals surface area (Å²) < 4.78 is 0. The number of hydrogen-bond acceptors (Lipinski definition) is 3. The second kappa shape index (κ2) is 5.12. The maximum atomic E-state index is 6.24. The zero-order valence-electron chi connectivity index (χ0n) is 10.2. The molecule has 0 amide bonds. The van der Waals surface area contributed by atoms with E-state index in [1.54, 1.807) is 0 Å². The summed E-state index contributed by atoms with van der Waals surface area (Å²) in [6.07, 6.45) is 3.00. The van der Waals surface area contributed by atoms with Crippen molar-refractivity contribution in [3.05, 3.63) is 35.5 Å². The molecule has 2 aromatic rings. The first-order valence-corrected chi connectivity index (χ1v) is 6.73. The van der Waals surface area contributed by atoms with Crippen molar-refractivity contribution in [1.29, 1.82) is 0 Å². The van der Waals surface area contributed by atoms with Crippen LogP contribution < -0.4 is 10.2 Å². The molecule has 1 aliphatic heterocycles. The first-order chi connectivity index (χ1) is 8.86. The lowest BCUT2D eigenvalue weighted by molar-refractivity contribution is 0.724. The molecule has 0 unspecified atom stereocenters. The molecular weight excluding hydrogens is 246 g/mol. The highest BCUT2D eigenvalue weighted by Crippen LogP contribution is 2.29.